The first kappa shape index (κ1) is 31.3. The number of hydrogen-bond donors (Lipinski definition) is 6. The van der Waals surface area contributed by atoms with Crippen LogP contribution in [0.15, 0.2) is 36.4 Å². The number of primary amides is 1. The van der Waals surface area contributed by atoms with Crippen LogP contribution >= 0.6 is 0 Å². The van der Waals surface area contributed by atoms with Gasteiger partial charge in [0.25, 0.3) is 11.8 Å². The van der Waals surface area contributed by atoms with Crippen molar-refractivity contribution >= 4 is 41.3 Å². The molecule has 3 rings (SSSR count). The summed E-state index contributed by atoms with van der Waals surface area (Å²) in [4.78, 5) is 74.5. The molecule has 2 aliphatic rings. The summed E-state index contributed by atoms with van der Waals surface area (Å²) < 4.78 is 0. The van der Waals surface area contributed by atoms with Crippen LogP contribution in [0, 0.1) is 0 Å². The number of unbranched alkanes of at least 4 members (excludes halogenated alkanes) is 2. The number of rotatable bonds is 16. The number of nitrogens with one attached hydrogen (secondary N) is 4. The predicted octanol–water partition coefficient (Wildman–Crippen LogP) is 0.575. The van der Waals surface area contributed by atoms with Crippen molar-refractivity contribution in [1.29, 1.82) is 0 Å². The van der Waals surface area contributed by atoms with Gasteiger partial charge >= 0.3 is 6.03 Å². The Balaban J connectivity index is 1.52. The van der Waals surface area contributed by atoms with Gasteiger partial charge in [-0.15, -0.1) is 0 Å². The Morgan fingerprint density at radius 3 is 2.24 bits per heavy atom. The molecule has 222 valence electrons. The molecular weight excluding hydrogens is 532 g/mol. The molecule has 1 aliphatic carbocycles. The number of carbonyl (C=O) groups is 6. The van der Waals surface area contributed by atoms with E-state index in [1.54, 1.807) is 24.3 Å². The summed E-state index contributed by atoms with van der Waals surface area (Å²) in [7, 11) is 0. The summed E-state index contributed by atoms with van der Waals surface area (Å²) in [6, 6.07) is 4.99. The topological polar surface area (TPSA) is 200 Å². The molecule has 0 spiro atoms. The molecule has 13 nitrogen and oxygen atoms in total. The summed E-state index contributed by atoms with van der Waals surface area (Å²) in [5.41, 5.74) is 5.17. The second-order valence-corrected chi connectivity index (χ2v) is 10.3. The van der Waals surface area contributed by atoms with Crippen molar-refractivity contribution in [2.24, 2.45) is 5.73 Å². The van der Waals surface area contributed by atoms with Gasteiger partial charge in [0.15, 0.2) is 0 Å². The maximum atomic E-state index is 13.4. The molecule has 13 heteroatoms. The summed E-state index contributed by atoms with van der Waals surface area (Å²) >= 11 is 0. The Morgan fingerprint density at radius 1 is 0.976 bits per heavy atom. The molecule has 1 fully saturated rings. The molecule has 7 amide bonds. The van der Waals surface area contributed by atoms with Crippen molar-refractivity contribution in [1.82, 2.24) is 20.9 Å². The van der Waals surface area contributed by atoms with E-state index in [2.05, 4.69) is 21.3 Å². The Labute approximate surface area is 238 Å². The summed E-state index contributed by atoms with van der Waals surface area (Å²) in [6.07, 6.45) is 6.60. The molecule has 1 aliphatic heterocycles. The number of aliphatic hydroxyl groups excluding tert-OH is 1. The number of amides is 7. The van der Waals surface area contributed by atoms with Gasteiger partial charge in [-0.1, -0.05) is 18.6 Å². The zero-order valence-electron chi connectivity index (χ0n) is 22.9. The molecule has 1 aromatic rings. The highest BCUT2D eigenvalue weighted by atomic mass is 16.3. The molecule has 1 heterocycles. The third-order valence-electron chi connectivity index (χ3n) is 7.20. The fourth-order valence-electron chi connectivity index (χ4n) is 4.66. The Morgan fingerprint density at radius 2 is 1.66 bits per heavy atom. The van der Waals surface area contributed by atoms with Crippen molar-refractivity contribution in [3.05, 3.63) is 42.0 Å². The van der Waals surface area contributed by atoms with E-state index in [0.717, 1.165) is 11.3 Å². The molecule has 1 aromatic carbocycles. The molecular formula is C28H38N6O7. The normalized spacial score (nSPS) is 16.1. The largest absolute Gasteiger partial charge is 0.392 e. The number of hydrogen-bond acceptors (Lipinski definition) is 7. The lowest BCUT2D eigenvalue weighted by atomic mass is 9.75. The lowest BCUT2D eigenvalue weighted by molar-refractivity contribution is -0.139. The van der Waals surface area contributed by atoms with E-state index < -0.39 is 29.4 Å². The van der Waals surface area contributed by atoms with Crippen LogP contribution in [-0.4, -0.2) is 70.2 Å². The van der Waals surface area contributed by atoms with E-state index in [4.69, 9.17) is 5.73 Å². The summed E-state index contributed by atoms with van der Waals surface area (Å²) in [6.45, 7) is 0.382. The minimum atomic E-state index is -1.11. The molecule has 1 atom stereocenters. The van der Waals surface area contributed by atoms with Crippen LogP contribution in [0.1, 0.15) is 63.4 Å². The Kier molecular flexibility index (Phi) is 11.4. The third-order valence-corrected chi connectivity index (χ3v) is 7.20. The highest BCUT2D eigenvalue weighted by Gasteiger charge is 2.46. The number of anilines is 1. The fraction of sp³-hybridized carbons (Fsp3) is 0.500. The van der Waals surface area contributed by atoms with E-state index >= 15 is 0 Å². The maximum absolute atomic E-state index is 13.4. The van der Waals surface area contributed by atoms with Gasteiger partial charge < -0.3 is 32.1 Å². The second kappa shape index (κ2) is 14.9. The minimum absolute atomic E-state index is 0.133. The number of nitrogens with zero attached hydrogens (tertiary/aromatic N) is 1. The van der Waals surface area contributed by atoms with E-state index in [9.17, 15) is 33.9 Å². The molecule has 0 radical (unpaired) electrons. The number of urea groups is 1. The zero-order valence-corrected chi connectivity index (χ0v) is 22.9. The molecule has 7 N–H and O–H groups in total. The van der Waals surface area contributed by atoms with E-state index in [-0.39, 0.29) is 43.7 Å². The first-order valence-corrected chi connectivity index (χ1v) is 13.8. The third kappa shape index (κ3) is 9.13. The first-order chi connectivity index (χ1) is 19.6. The maximum Gasteiger partial charge on any atom is 0.312 e. The fourth-order valence-corrected chi connectivity index (χ4v) is 4.66. The lowest BCUT2D eigenvalue weighted by Gasteiger charge is -2.41. The van der Waals surface area contributed by atoms with Crippen LogP contribution in [0.5, 0.6) is 0 Å². The van der Waals surface area contributed by atoms with Crippen LogP contribution in [-0.2, 0) is 30.6 Å². The monoisotopic (exact) mass is 570 g/mol. The number of imide groups is 1. The molecule has 1 saturated carbocycles. The van der Waals surface area contributed by atoms with Gasteiger partial charge in [-0.25, -0.2) is 4.79 Å². The zero-order chi connectivity index (χ0) is 29.8. The minimum Gasteiger partial charge on any atom is -0.392 e. The van der Waals surface area contributed by atoms with Crippen molar-refractivity contribution in [2.75, 3.05) is 18.4 Å². The highest BCUT2D eigenvalue weighted by Crippen LogP contribution is 2.32. The van der Waals surface area contributed by atoms with Gasteiger partial charge in [-0.3, -0.25) is 28.9 Å². The number of carbonyl (C=O) groups excluding carboxylic acids is 6. The van der Waals surface area contributed by atoms with Crippen LogP contribution < -0.4 is 27.0 Å². The van der Waals surface area contributed by atoms with Crippen molar-refractivity contribution in [2.45, 2.75) is 76.0 Å². The number of aliphatic hydroxyl groups is 1. The lowest BCUT2D eigenvalue weighted by Crippen LogP contribution is -2.65. The van der Waals surface area contributed by atoms with Gasteiger partial charge in [-0.05, 0) is 62.6 Å². The highest BCUT2D eigenvalue weighted by molar-refractivity contribution is 6.12. The van der Waals surface area contributed by atoms with E-state index in [1.807, 2.05) is 0 Å². The van der Waals surface area contributed by atoms with Crippen molar-refractivity contribution in [3.63, 3.8) is 0 Å². The smallest absolute Gasteiger partial charge is 0.312 e. The van der Waals surface area contributed by atoms with Gasteiger partial charge in [0.1, 0.15) is 11.6 Å². The molecule has 0 bridgehead atoms. The second-order valence-electron chi connectivity index (χ2n) is 10.3. The molecule has 41 heavy (non-hydrogen) atoms. The van der Waals surface area contributed by atoms with Crippen LogP contribution in [0.3, 0.4) is 0 Å². The Bertz CT molecular complexity index is 1140. The predicted molar refractivity (Wildman–Crippen MR) is 149 cm³/mol. The van der Waals surface area contributed by atoms with Gasteiger partial charge in [0.05, 0.1) is 6.61 Å². The Hall–Kier alpha value is -4.26. The van der Waals surface area contributed by atoms with Gasteiger partial charge in [0.2, 0.25) is 17.7 Å². The average Bonchev–Trinajstić information content (AvgIpc) is 3.24. The molecule has 0 unspecified atom stereocenters. The first-order valence-electron chi connectivity index (χ1n) is 13.8. The number of nitrogens with two attached hydrogens (primary N) is 1. The SMILES string of the molecule is NC(=O)NCCC[C@H](NC(=O)C1(NC(=O)CCCCCN2C(=O)C=CC2=O)CCC1)C(=O)Nc1ccc(CO)cc1. The summed E-state index contributed by atoms with van der Waals surface area (Å²) in [5, 5.41) is 20.1. The standard InChI is InChI=1S/C28H38N6O7/c29-27(41)30-16-4-6-21(25(39)31-20-10-8-19(18-35)9-11-20)32-26(40)28(14-5-15-28)33-22(36)7-2-1-3-17-34-23(37)12-13-24(34)38/h8-13,21,35H,1-7,14-18H2,(H,31,39)(H,32,40)(H,33,36)(H3,29,30,41)/t21-/m0/s1. The molecule has 0 aromatic heterocycles. The van der Waals surface area contributed by atoms with Crippen molar-refractivity contribution in [3.8, 4) is 0 Å². The van der Waals surface area contributed by atoms with Crippen molar-refractivity contribution < 1.29 is 33.9 Å². The average molecular weight is 571 g/mol. The van der Waals surface area contributed by atoms with Crippen LogP contribution in [0.25, 0.3) is 0 Å². The van der Waals surface area contributed by atoms with E-state index in [1.165, 1.54) is 12.2 Å². The van der Waals surface area contributed by atoms with Gasteiger partial charge in [-0.2, -0.15) is 0 Å². The summed E-state index contributed by atoms with van der Waals surface area (Å²) in [5.74, 6) is -1.86. The van der Waals surface area contributed by atoms with Gasteiger partial charge in [0, 0.05) is 37.3 Å². The molecule has 0 saturated heterocycles. The van der Waals surface area contributed by atoms with Crippen LogP contribution in [0.2, 0.25) is 0 Å². The van der Waals surface area contributed by atoms with E-state index in [0.29, 0.717) is 56.3 Å². The van der Waals surface area contributed by atoms with Crippen LogP contribution in [0.4, 0.5) is 10.5 Å². The quantitative estimate of drug-likeness (QED) is 0.123. The number of benzene rings is 1.